The van der Waals surface area contributed by atoms with E-state index in [0.717, 1.165) is 28.5 Å². The number of thiophene rings is 1. The maximum absolute atomic E-state index is 6.03. The Hall–Kier alpha value is -1.16. The minimum absolute atomic E-state index is 0.653. The van der Waals surface area contributed by atoms with Gasteiger partial charge in [0.15, 0.2) is 0 Å². The molecule has 2 heterocycles. The lowest BCUT2D eigenvalue weighted by molar-refractivity contribution is 0.359. The van der Waals surface area contributed by atoms with Gasteiger partial charge in [-0.05, 0) is 43.1 Å². The first-order valence-electron chi connectivity index (χ1n) is 7.67. The predicted molar refractivity (Wildman–Crippen MR) is 88.1 cm³/mol. The molecule has 0 fully saturated rings. The Kier molecular flexibility index (Phi) is 4.97. The van der Waals surface area contributed by atoms with Crippen molar-refractivity contribution in [3.8, 4) is 0 Å². The zero-order valence-electron chi connectivity index (χ0n) is 12.9. The Morgan fingerprint density at radius 1 is 1.30 bits per heavy atom. The van der Waals surface area contributed by atoms with Crippen molar-refractivity contribution in [2.75, 3.05) is 5.73 Å². The number of aryl methyl sites for hydroxylation is 1. The highest BCUT2D eigenvalue weighted by molar-refractivity contribution is 7.18. The molecule has 0 aromatic carbocycles. The SMILES string of the molecule is CC.CC(C)C1CCCc2c(sc3ncnc(N)c23)C1. The fourth-order valence-corrected chi connectivity index (χ4v) is 4.23. The summed E-state index contributed by atoms with van der Waals surface area (Å²) in [5.41, 5.74) is 7.45. The molecule has 3 nitrogen and oxygen atoms in total. The molecule has 0 radical (unpaired) electrons. The number of hydrogen-bond acceptors (Lipinski definition) is 4. The molecule has 4 heteroatoms. The lowest BCUT2D eigenvalue weighted by Gasteiger charge is -2.17. The first-order chi connectivity index (χ1) is 9.66. The van der Waals surface area contributed by atoms with Crippen molar-refractivity contribution < 1.29 is 0 Å². The molecule has 1 aliphatic carbocycles. The highest BCUT2D eigenvalue weighted by atomic mass is 32.1. The van der Waals surface area contributed by atoms with Crippen LogP contribution in [0.1, 0.15) is 51.0 Å². The summed E-state index contributed by atoms with van der Waals surface area (Å²) in [5.74, 6) is 2.21. The topological polar surface area (TPSA) is 51.8 Å². The molecular weight excluding hydrogens is 266 g/mol. The standard InChI is InChI=1S/C14H19N3S.C2H6/c1-8(2)9-4-3-5-10-11(6-9)18-14-12(10)13(15)16-7-17-14;1-2/h7-9H,3-6H2,1-2H3,(H2,15,16,17);1-2H3. The molecule has 0 bridgehead atoms. The Morgan fingerprint density at radius 3 is 2.75 bits per heavy atom. The van der Waals surface area contributed by atoms with Gasteiger partial charge in [-0.1, -0.05) is 27.7 Å². The van der Waals surface area contributed by atoms with E-state index in [1.165, 1.54) is 29.7 Å². The van der Waals surface area contributed by atoms with Crippen LogP contribution in [0.15, 0.2) is 6.33 Å². The van der Waals surface area contributed by atoms with Crippen LogP contribution in [-0.4, -0.2) is 9.97 Å². The van der Waals surface area contributed by atoms with Gasteiger partial charge in [-0.25, -0.2) is 9.97 Å². The third kappa shape index (κ3) is 2.80. The molecule has 110 valence electrons. The van der Waals surface area contributed by atoms with Crippen LogP contribution in [-0.2, 0) is 12.8 Å². The maximum atomic E-state index is 6.03. The molecule has 1 unspecified atom stereocenters. The van der Waals surface area contributed by atoms with E-state index in [1.54, 1.807) is 6.33 Å². The molecule has 2 N–H and O–H groups in total. The molecule has 1 aliphatic rings. The van der Waals surface area contributed by atoms with Crippen molar-refractivity contribution in [3.63, 3.8) is 0 Å². The third-order valence-electron chi connectivity index (χ3n) is 4.09. The predicted octanol–water partition coefficient (Wildman–Crippen LogP) is 4.45. The van der Waals surface area contributed by atoms with Gasteiger partial charge in [-0.15, -0.1) is 11.3 Å². The van der Waals surface area contributed by atoms with Gasteiger partial charge in [0.05, 0.1) is 5.39 Å². The van der Waals surface area contributed by atoms with Crippen molar-refractivity contribution in [1.29, 1.82) is 0 Å². The molecule has 0 amide bonds. The van der Waals surface area contributed by atoms with Crippen LogP contribution in [0.2, 0.25) is 0 Å². The first-order valence-corrected chi connectivity index (χ1v) is 8.49. The molecule has 2 aromatic rings. The quantitative estimate of drug-likeness (QED) is 0.790. The van der Waals surface area contributed by atoms with E-state index in [2.05, 4.69) is 23.8 Å². The van der Waals surface area contributed by atoms with Gasteiger partial charge >= 0.3 is 0 Å². The fraction of sp³-hybridized carbons (Fsp3) is 0.625. The van der Waals surface area contributed by atoms with Crippen LogP contribution < -0.4 is 5.73 Å². The Balaban J connectivity index is 0.000000704. The molecular formula is C16H25N3S. The lowest BCUT2D eigenvalue weighted by atomic mass is 9.89. The van der Waals surface area contributed by atoms with Crippen LogP contribution in [0.3, 0.4) is 0 Å². The molecule has 3 rings (SSSR count). The minimum atomic E-state index is 0.653. The summed E-state index contributed by atoms with van der Waals surface area (Å²) in [4.78, 5) is 11.1. The highest BCUT2D eigenvalue weighted by Crippen LogP contribution is 2.39. The number of nitrogen functional groups attached to an aromatic ring is 1. The van der Waals surface area contributed by atoms with E-state index in [0.29, 0.717) is 5.82 Å². The maximum Gasteiger partial charge on any atom is 0.135 e. The number of aromatic nitrogens is 2. The number of nitrogens with two attached hydrogens (primary N) is 1. The lowest BCUT2D eigenvalue weighted by Crippen LogP contribution is -2.09. The average Bonchev–Trinajstić information content (AvgIpc) is 2.66. The summed E-state index contributed by atoms with van der Waals surface area (Å²) in [6, 6.07) is 0. The van der Waals surface area contributed by atoms with Crippen LogP contribution >= 0.6 is 11.3 Å². The van der Waals surface area contributed by atoms with Gasteiger partial charge in [0.1, 0.15) is 17.0 Å². The summed E-state index contributed by atoms with van der Waals surface area (Å²) >= 11 is 1.82. The van der Waals surface area contributed by atoms with Crippen LogP contribution in [0.5, 0.6) is 0 Å². The van der Waals surface area contributed by atoms with E-state index in [-0.39, 0.29) is 0 Å². The van der Waals surface area contributed by atoms with E-state index in [9.17, 15) is 0 Å². The normalized spacial score (nSPS) is 18.4. The molecule has 2 aromatic heterocycles. The fourth-order valence-electron chi connectivity index (χ4n) is 2.94. The van der Waals surface area contributed by atoms with Gasteiger partial charge in [0, 0.05) is 4.88 Å². The summed E-state index contributed by atoms with van der Waals surface area (Å²) in [7, 11) is 0. The van der Waals surface area contributed by atoms with Crippen molar-refractivity contribution >= 4 is 27.4 Å². The number of hydrogen-bond donors (Lipinski definition) is 1. The number of fused-ring (bicyclic) bond motifs is 3. The average molecular weight is 291 g/mol. The largest absolute Gasteiger partial charge is 0.383 e. The second-order valence-corrected chi connectivity index (χ2v) is 6.63. The second-order valence-electron chi connectivity index (χ2n) is 5.54. The summed E-state index contributed by atoms with van der Waals surface area (Å²) < 4.78 is 0. The van der Waals surface area contributed by atoms with Crippen LogP contribution in [0.4, 0.5) is 5.82 Å². The summed E-state index contributed by atoms with van der Waals surface area (Å²) in [6.45, 7) is 8.66. The Labute approximate surface area is 125 Å². The Morgan fingerprint density at radius 2 is 2.05 bits per heavy atom. The van der Waals surface area contributed by atoms with Gasteiger partial charge in [-0.3, -0.25) is 0 Å². The van der Waals surface area contributed by atoms with Gasteiger partial charge in [0.25, 0.3) is 0 Å². The van der Waals surface area contributed by atoms with Crippen LogP contribution in [0.25, 0.3) is 10.2 Å². The zero-order chi connectivity index (χ0) is 14.7. The molecule has 0 spiro atoms. The van der Waals surface area contributed by atoms with E-state index >= 15 is 0 Å². The summed E-state index contributed by atoms with van der Waals surface area (Å²) in [6.07, 6.45) is 6.49. The van der Waals surface area contributed by atoms with Gasteiger partial charge < -0.3 is 5.73 Å². The van der Waals surface area contributed by atoms with Crippen molar-refractivity contribution in [3.05, 3.63) is 16.8 Å². The number of anilines is 1. The molecule has 0 saturated carbocycles. The van der Waals surface area contributed by atoms with Crippen LogP contribution in [0, 0.1) is 11.8 Å². The summed E-state index contributed by atoms with van der Waals surface area (Å²) in [5, 5.41) is 1.13. The number of rotatable bonds is 1. The molecule has 0 saturated heterocycles. The zero-order valence-corrected chi connectivity index (χ0v) is 13.8. The number of nitrogens with zero attached hydrogens (tertiary/aromatic N) is 2. The highest BCUT2D eigenvalue weighted by Gasteiger charge is 2.24. The monoisotopic (exact) mass is 291 g/mol. The molecule has 1 atom stereocenters. The van der Waals surface area contributed by atoms with Crippen molar-refractivity contribution in [1.82, 2.24) is 9.97 Å². The first kappa shape index (κ1) is 15.2. The smallest absolute Gasteiger partial charge is 0.135 e. The second kappa shape index (κ2) is 6.53. The third-order valence-corrected chi connectivity index (χ3v) is 5.25. The Bertz CT molecular complexity index is 574. The van der Waals surface area contributed by atoms with Crippen molar-refractivity contribution in [2.45, 2.75) is 53.4 Å². The molecule has 0 aliphatic heterocycles. The van der Waals surface area contributed by atoms with Crippen molar-refractivity contribution in [2.24, 2.45) is 11.8 Å². The van der Waals surface area contributed by atoms with E-state index in [4.69, 9.17) is 5.73 Å². The van der Waals surface area contributed by atoms with Gasteiger partial charge in [0.2, 0.25) is 0 Å². The molecule has 20 heavy (non-hydrogen) atoms. The minimum Gasteiger partial charge on any atom is -0.383 e. The van der Waals surface area contributed by atoms with E-state index in [1.807, 2.05) is 25.2 Å². The van der Waals surface area contributed by atoms with E-state index < -0.39 is 0 Å². The van der Waals surface area contributed by atoms with Gasteiger partial charge in [-0.2, -0.15) is 0 Å².